The molecule has 0 aromatic heterocycles. The molecule has 0 fully saturated rings. The van der Waals surface area contributed by atoms with Crippen molar-refractivity contribution in [2.75, 3.05) is 7.11 Å². The Hall–Kier alpha value is -1.43. The highest BCUT2D eigenvalue weighted by Gasteiger charge is 2.41. The van der Waals surface area contributed by atoms with Gasteiger partial charge in [-0.25, -0.2) is 0 Å². The molecule has 0 heterocycles. The molecule has 1 aromatic rings. The summed E-state index contributed by atoms with van der Waals surface area (Å²) in [5.41, 5.74) is 5.18. The van der Waals surface area contributed by atoms with Gasteiger partial charge >= 0.3 is 6.18 Å². The number of aromatic hydroxyl groups is 1. The average molecular weight is 235 g/mol. The zero-order chi connectivity index (χ0) is 12.5. The number of rotatable bonds is 2. The second-order valence-corrected chi connectivity index (χ2v) is 3.42. The molecular formula is C10H12F3NO2. The van der Waals surface area contributed by atoms with Gasteiger partial charge in [0.1, 0.15) is 17.5 Å². The molecule has 3 nitrogen and oxygen atoms in total. The minimum absolute atomic E-state index is 0.0673. The second kappa shape index (κ2) is 4.21. The van der Waals surface area contributed by atoms with E-state index in [1.807, 2.05) is 0 Å². The van der Waals surface area contributed by atoms with Gasteiger partial charge in [-0.1, -0.05) is 0 Å². The molecule has 0 bridgehead atoms. The standard InChI is InChI=1S/C10H12F3NO2/c1-5-3-6(15)8(7(4-5)16-2)9(14)10(11,12)13/h3-4,9,15H,14H2,1-2H3/t9-/m0/s1. The highest BCUT2D eigenvalue weighted by atomic mass is 19.4. The third-order valence-electron chi connectivity index (χ3n) is 2.15. The molecule has 0 aliphatic carbocycles. The van der Waals surface area contributed by atoms with Crippen molar-refractivity contribution in [1.82, 2.24) is 0 Å². The summed E-state index contributed by atoms with van der Waals surface area (Å²) in [5.74, 6) is -0.580. The van der Waals surface area contributed by atoms with Crippen LogP contribution >= 0.6 is 0 Å². The Morgan fingerprint density at radius 1 is 1.38 bits per heavy atom. The topological polar surface area (TPSA) is 55.5 Å². The minimum atomic E-state index is -4.62. The van der Waals surface area contributed by atoms with E-state index in [1.165, 1.54) is 19.2 Å². The van der Waals surface area contributed by atoms with Crippen LogP contribution < -0.4 is 10.5 Å². The summed E-state index contributed by atoms with van der Waals surface area (Å²) in [4.78, 5) is 0. The molecule has 90 valence electrons. The summed E-state index contributed by atoms with van der Waals surface area (Å²) in [6.45, 7) is 1.63. The molecule has 0 radical (unpaired) electrons. The quantitative estimate of drug-likeness (QED) is 0.826. The number of methoxy groups -OCH3 is 1. The maximum absolute atomic E-state index is 12.4. The fourth-order valence-electron chi connectivity index (χ4n) is 1.39. The van der Waals surface area contributed by atoms with Gasteiger partial charge < -0.3 is 15.6 Å². The Morgan fingerprint density at radius 3 is 2.38 bits per heavy atom. The molecule has 0 amide bonds. The summed E-state index contributed by atoms with van der Waals surface area (Å²) < 4.78 is 42.1. The summed E-state index contributed by atoms with van der Waals surface area (Å²) >= 11 is 0. The molecule has 0 unspecified atom stereocenters. The average Bonchev–Trinajstić information content (AvgIpc) is 2.14. The van der Waals surface area contributed by atoms with E-state index >= 15 is 0 Å². The van der Waals surface area contributed by atoms with Gasteiger partial charge in [-0.15, -0.1) is 0 Å². The van der Waals surface area contributed by atoms with Crippen molar-refractivity contribution < 1.29 is 23.0 Å². The van der Waals surface area contributed by atoms with Crippen molar-refractivity contribution in [2.45, 2.75) is 19.1 Å². The maximum Gasteiger partial charge on any atom is 0.407 e. The lowest BCUT2D eigenvalue weighted by atomic mass is 10.0. The fraction of sp³-hybridized carbons (Fsp3) is 0.400. The van der Waals surface area contributed by atoms with Crippen molar-refractivity contribution in [3.05, 3.63) is 23.3 Å². The first-order chi connectivity index (χ1) is 7.27. The summed E-state index contributed by atoms with van der Waals surface area (Å²) in [6.07, 6.45) is -4.62. The molecular weight excluding hydrogens is 223 g/mol. The van der Waals surface area contributed by atoms with E-state index < -0.39 is 23.5 Å². The Bertz CT molecular complexity index is 390. The highest BCUT2D eigenvalue weighted by molar-refractivity contribution is 5.49. The SMILES string of the molecule is COc1cc(C)cc(O)c1[C@H](N)C(F)(F)F. The van der Waals surface area contributed by atoms with Crippen LogP contribution in [-0.2, 0) is 0 Å². The van der Waals surface area contributed by atoms with Crippen LogP contribution in [0, 0.1) is 6.92 Å². The van der Waals surface area contributed by atoms with Gasteiger partial charge in [0, 0.05) is 0 Å². The van der Waals surface area contributed by atoms with Crippen LogP contribution in [0.5, 0.6) is 11.5 Å². The zero-order valence-electron chi connectivity index (χ0n) is 8.80. The summed E-state index contributed by atoms with van der Waals surface area (Å²) in [7, 11) is 1.22. The third kappa shape index (κ3) is 2.38. The highest BCUT2D eigenvalue weighted by Crippen LogP contribution is 2.40. The third-order valence-corrected chi connectivity index (χ3v) is 2.15. The van der Waals surface area contributed by atoms with Crippen molar-refractivity contribution in [3.63, 3.8) is 0 Å². The second-order valence-electron chi connectivity index (χ2n) is 3.42. The van der Waals surface area contributed by atoms with E-state index in [0.29, 0.717) is 5.56 Å². The molecule has 0 saturated carbocycles. The first-order valence-electron chi connectivity index (χ1n) is 4.47. The zero-order valence-corrected chi connectivity index (χ0v) is 8.80. The van der Waals surface area contributed by atoms with Crippen LogP contribution in [0.1, 0.15) is 17.2 Å². The van der Waals surface area contributed by atoms with Gasteiger partial charge in [0.15, 0.2) is 0 Å². The van der Waals surface area contributed by atoms with Crippen LogP contribution in [0.15, 0.2) is 12.1 Å². The van der Waals surface area contributed by atoms with Crippen molar-refractivity contribution >= 4 is 0 Å². The lowest BCUT2D eigenvalue weighted by molar-refractivity contribution is -0.149. The number of hydrogen-bond donors (Lipinski definition) is 2. The first kappa shape index (κ1) is 12.6. The Morgan fingerprint density at radius 2 is 1.94 bits per heavy atom. The fourth-order valence-corrected chi connectivity index (χ4v) is 1.39. The minimum Gasteiger partial charge on any atom is -0.507 e. The van der Waals surface area contributed by atoms with Crippen LogP contribution in [0.2, 0.25) is 0 Å². The first-order valence-corrected chi connectivity index (χ1v) is 4.47. The molecule has 0 aliphatic rings. The number of nitrogens with two attached hydrogens (primary N) is 1. The smallest absolute Gasteiger partial charge is 0.407 e. The number of hydrogen-bond acceptors (Lipinski definition) is 3. The molecule has 0 aliphatic heterocycles. The molecule has 0 spiro atoms. The molecule has 1 atom stereocenters. The predicted octanol–water partition coefficient (Wildman–Crippen LogP) is 2.27. The number of alkyl halides is 3. The van der Waals surface area contributed by atoms with Crippen LogP contribution in [-0.4, -0.2) is 18.4 Å². The Balaban J connectivity index is 3.32. The van der Waals surface area contributed by atoms with Crippen LogP contribution in [0.25, 0.3) is 0 Å². The van der Waals surface area contributed by atoms with Crippen molar-refractivity contribution in [3.8, 4) is 11.5 Å². The normalized spacial score (nSPS) is 13.6. The molecule has 16 heavy (non-hydrogen) atoms. The lowest BCUT2D eigenvalue weighted by Gasteiger charge is -2.20. The van der Waals surface area contributed by atoms with E-state index in [-0.39, 0.29) is 5.75 Å². The van der Waals surface area contributed by atoms with E-state index in [9.17, 15) is 18.3 Å². The van der Waals surface area contributed by atoms with Gasteiger partial charge in [-0.3, -0.25) is 0 Å². The van der Waals surface area contributed by atoms with Gasteiger partial charge in [0.2, 0.25) is 0 Å². The van der Waals surface area contributed by atoms with E-state index in [2.05, 4.69) is 0 Å². The lowest BCUT2D eigenvalue weighted by Crippen LogP contribution is -2.29. The van der Waals surface area contributed by atoms with Crippen LogP contribution in [0.3, 0.4) is 0 Å². The van der Waals surface area contributed by atoms with Gasteiger partial charge in [-0.2, -0.15) is 13.2 Å². The number of ether oxygens (including phenoxy) is 1. The van der Waals surface area contributed by atoms with E-state index in [1.54, 1.807) is 6.92 Å². The van der Waals surface area contributed by atoms with Crippen LogP contribution in [0.4, 0.5) is 13.2 Å². The van der Waals surface area contributed by atoms with Crippen molar-refractivity contribution in [2.24, 2.45) is 5.73 Å². The number of aryl methyl sites for hydroxylation is 1. The number of phenols is 1. The molecule has 1 rings (SSSR count). The summed E-state index contributed by atoms with van der Waals surface area (Å²) in [5, 5.41) is 9.48. The monoisotopic (exact) mass is 235 g/mol. The Labute approximate surface area is 90.6 Å². The largest absolute Gasteiger partial charge is 0.507 e. The maximum atomic E-state index is 12.4. The van der Waals surface area contributed by atoms with Gasteiger partial charge in [0.25, 0.3) is 0 Å². The molecule has 6 heteroatoms. The number of benzene rings is 1. The molecule has 3 N–H and O–H groups in total. The summed E-state index contributed by atoms with van der Waals surface area (Å²) in [6, 6.07) is 0.340. The number of phenolic OH excluding ortho intramolecular Hbond substituents is 1. The number of halogens is 3. The van der Waals surface area contributed by atoms with E-state index in [4.69, 9.17) is 10.5 Å². The van der Waals surface area contributed by atoms with Crippen molar-refractivity contribution in [1.29, 1.82) is 0 Å². The molecule has 0 saturated heterocycles. The van der Waals surface area contributed by atoms with E-state index in [0.717, 1.165) is 0 Å². The van der Waals surface area contributed by atoms with Gasteiger partial charge in [-0.05, 0) is 24.6 Å². The van der Waals surface area contributed by atoms with Gasteiger partial charge in [0.05, 0.1) is 12.7 Å². The Kier molecular flexibility index (Phi) is 3.32. The molecule has 1 aromatic carbocycles. The predicted molar refractivity (Wildman–Crippen MR) is 52.4 cm³/mol.